The number of hydrogen-bond donors (Lipinski definition) is 1. The fourth-order valence-corrected chi connectivity index (χ4v) is 4.87. The second-order valence-electron chi connectivity index (χ2n) is 10.1. The van der Waals surface area contributed by atoms with E-state index in [-0.39, 0.29) is 41.7 Å². The summed E-state index contributed by atoms with van der Waals surface area (Å²) < 4.78 is 20.5. The molecule has 1 saturated carbocycles. The third-order valence-electron chi connectivity index (χ3n) is 6.86. The molecule has 0 spiro atoms. The zero-order valence-corrected chi connectivity index (χ0v) is 21.0. The molecule has 1 amide bonds. The predicted octanol–water partition coefficient (Wildman–Crippen LogP) is 5.12. The van der Waals surface area contributed by atoms with Crippen LogP contribution in [-0.4, -0.2) is 40.2 Å². The van der Waals surface area contributed by atoms with Crippen molar-refractivity contribution >= 4 is 17.6 Å². The van der Waals surface area contributed by atoms with Gasteiger partial charge in [-0.1, -0.05) is 50.6 Å². The fourth-order valence-electron chi connectivity index (χ4n) is 4.87. The number of rotatable bonds is 10. The van der Waals surface area contributed by atoms with E-state index in [2.05, 4.69) is 15.4 Å². The zero-order valence-electron chi connectivity index (χ0n) is 21.0. The first kappa shape index (κ1) is 25.7. The van der Waals surface area contributed by atoms with Crippen LogP contribution in [0, 0.1) is 23.1 Å². The summed E-state index contributed by atoms with van der Waals surface area (Å²) in [5.41, 5.74) is 0.759. The maximum absolute atomic E-state index is 13.5. The summed E-state index contributed by atoms with van der Waals surface area (Å²) >= 11 is 0. The molecule has 1 N–H and O–H groups in total. The highest BCUT2D eigenvalue weighted by molar-refractivity contribution is 5.97. The van der Waals surface area contributed by atoms with E-state index in [9.17, 15) is 14.0 Å². The van der Waals surface area contributed by atoms with E-state index in [0.717, 1.165) is 24.8 Å². The van der Waals surface area contributed by atoms with Gasteiger partial charge in [0.15, 0.2) is 5.82 Å². The first-order valence-corrected chi connectivity index (χ1v) is 12.3. The molecule has 1 aromatic heterocycles. The molecule has 1 aliphatic carbocycles. The number of nitrogens with one attached hydrogen (secondary N) is 1. The Bertz CT molecular complexity index is 1190. The van der Waals surface area contributed by atoms with Crippen LogP contribution in [0.2, 0.25) is 0 Å². The molecule has 1 fully saturated rings. The lowest BCUT2D eigenvalue weighted by Crippen LogP contribution is -2.36. The van der Waals surface area contributed by atoms with Crippen LogP contribution in [0.4, 0.5) is 10.3 Å². The highest BCUT2D eigenvalue weighted by Crippen LogP contribution is 2.36. The molecule has 8 heteroatoms. The summed E-state index contributed by atoms with van der Waals surface area (Å²) in [7, 11) is 1.65. The molecule has 4 rings (SSSR count). The number of hydrogen-bond acceptors (Lipinski definition) is 5. The lowest BCUT2D eigenvalue weighted by Gasteiger charge is -2.25. The Labute approximate surface area is 211 Å². The minimum Gasteiger partial charge on any atom is -0.384 e. The third kappa shape index (κ3) is 6.05. The Morgan fingerprint density at radius 2 is 1.83 bits per heavy atom. The molecule has 0 bridgehead atoms. The first-order valence-electron chi connectivity index (χ1n) is 12.3. The van der Waals surface area contributed by atoms with Crippen molar-refractivity contribution in [3.05, 3.63) is 66.0 Å². The van der Waals surface area contributed by atoms with Crippen molar-refractivity contribution in [1.29, 1.82) is 0 Å². The third-order valence-corrected chi connectivity index (χ3v) is 6.86. The molecular weight excluding hydrogens is 459 g/mol. The van der Waals surface area contributed by atoms with E-state index in [1.807, 2.05) is 30.3 Å². The molecule has 1 heterocycles. The summed E-state index contributed by atoms with van der Waals surface area (Å²) in [5.74, 6) is 0.248. The fraction of sp³-hybridized carbons (Fsp3) is 0.429. The molecule has 2 aromatic carbocycles. The van der Waals surface area contributed by atoms with Gasteiger partial charge in [0.25, 0.3) is 0 Å². The molecule has 1 aliphatic rings. The summed E-state index contributed by atoms with van der Waals surface area (Å²) in [6.07, 6.45) is 2.97. The van der Waals surface area contributed by atoms with Crippen molar-refractivity contribution in [3.8, 4) is 11.4 Å². The van der Waals surface area contributed by atoms with Gasteiger partial charge in [-0.25, -0.2) is 9.07 Å². The molecule has 2 atom stereocenters. The SMILES string of the molecule is COC[C@H]1CCCC1C(=O)CC(C)(C)C(=O)Nc1nc(-c2ccc(F)cc2)n(Cc2ccccc2)n1. The summed E-state index contributed by atoms with van der Waals surface area (Å²) in [6.45, 7) is 4.53. The Kier molecular flexibility index (Phi) is 7.94. The number of ether oxygens (including phenoxy) is 1. The number of benzene rings is 2. The molecule has 7 nitrogen and oxygen atoms in total. The minimum atomic E-state index is -0.932. The van der Waals surface area contributed by atoms with Crippen molar-refractivity contribution in [1.82, 2.24) is 14.8 Å². The van der Waals surface area contributed by atoms with Gasteiger partial charge in [0.1, 0.15) is 11.6 Å². The van der Waals surface area contributed by atoms with Gasteiger partial charge < -0.3 is 4.74 Å². The number of carbonyl (C=O) groups excluding carboxylic acids is 2. The second kappa shape index (κ2) is 11.1. The van der Waals surface area contributed by atoms with Gasteiger partial charge in [0.2, 0.25) is 11.9 Å². The number of halogens is 1. The Morgan fingerprint density at radius 1 is 1.11 bits per heavy atom. The van der Waals surface area contributed by atoms with Crippen LogP contribution in [0.25, 0.3) is 11.4 Å². The lowest BCUT2D eigenvalue weighted by molar-refractivity contribution is -0.133. The zero-order chi connectivity index (χ0) is 25.7. The maximum atomic E-state index is 13.5. The molecule has 0 radical (unpaired) electrons. The van der Waals surface area contributed by atoms with E-state index in [4.69, 9.17) is 4.74 Å². The van der Waals surface area contributed by atoms with Crippen LogP contribution in [0.5, 0.6) is 0 Å². The average Bonchev–Trinajstić information content (AvgIpc) is 3.47. The lowest BCUT2D eigenvalue weighted by atomic mass is 9.80. The van der Waals surface area contributed by atoms with Gasteiger partial charge in [-0.3, -0.25) is 14.9 Å². The molecule has 36 heavy (non-hydrogen) atoms. The van der Waals surface area contributed by atoms with Crippen molar-refractivity contribution in [2.75, 3.05) is 19.0 Å². The average molecular weight is 493 g/mol. The molecule has 1 unspecified atom stereocenters. The minimum absolute atomic E-state index is 0.0645. The van der Waals surface area contributed by atoms with E-state index >= 15 is 0 Å². The standard InChI is InChI=1S/C28H33FN4O3/c1-28(2,16-24(34)23-11-7-10-21(23)18-36-3)26(35)31-27-30-25(20-12-14-22(29)15-13-20)33(32-27)17-19-8-5-4-6-9-19/h4-6,8-9,12-15,21,23H,7,10-11,16-18H2,1-3H3,(H,31,32,35)/t21-,23?/m1/s1. The van der Waals surface area contributed by atoms with Crippen molar-refractivity contribution in [3.63, 3.8) is 0 Å². The van der Waals surface area contributed by atoms with Crippen LogP contribution in [0.3, 0.4) is 0 Å². The number of aromatic nitrogens is 3. The number of anilines is 1. The first-order chi connectivity index (χ1) is 17.3. The van der Waals surface area contributed by atoms with Crippen LogP contribution in [0.15, 0.2) is 54.6 Å². The largest absolute Gasteiger partial charge is 0.384 e. The molecule has 0 saturated heterocycles. The molecule has 3 aromatic rings. The smallest absolute Gasteiger partial charge is 0.249 e. The van der Waals surface area contributed by atoms with Gasteiger partial charge >= 0.3 is 0 Å². The van der Waals surface area contributed by atoms with Crippen LogP contribution in [0.1, 0.15) is 45.1 Å². The number of methoxy groups -OCH3 is 1. The molecular formula is C28H33FN4O3. The van der Waals surface area contributed by atoms with Crippen LogP contribution >= 0.6 is 0 Å². The van der Waals surface area contributed by atoms with Crippen LogP contribution in [-0.2, 0) is 20.9 Å². The topological polar surface area (TPSA) is 86.1 Å². The molecule has 0 aliphatic heterocycles. The number of Topliss-reactive ketones (excluding diaryl/α,β-unsaturated/α-hetero) is 1. The van der Waals surface area contributed by atoms with Gasteiger partial charge in [0.05, 0.1) is 12.0 Å². The molecule has 190 valence electrons. The summed E-state index contributed by atoms with van der Waals surface area (Å²) in [5, 5.41) is 7.34. The Hall–Kier alpha value is -3.39. The normalized spacial score (nSPS) is 17.8. The number of ketones is 1. The van der Waals surface area contributed by atoms with E-state index in [0.29, 0.717) is 24.5 Å². The predicted molar refractivity (Wildman–Crippen MR) is 136 cm³/mol. The highest BCUT2D eigenvalue weighted by atomic mass is 19.1. The van der Waals surface area contributed by atoms with Crippen molar-refractivity contribution in [2.45, 2.75) is 46.1 Å². The van der Waals surface area contributed by atoms with Gasteiger partial charge in [-0.2, -0.15) is 4.98 Å². The van der Waals surface area contributed by atoms with Crippen molar-refractivity contribution < 1.29 is 18.7 Å². The Balaban J connectivity index is 1.52. The summed E-state index contributed by atoms with van der Waals surface area (Å²) in [6, 6.07) is 15.8. The van der Waals surface area contributed by atoms with Gasteiger partial charge in [-0.05, 0) is 48.6 Å². The Morgan fingerprint density at radius 3 is 2.53 bits per heavy atom. The van der Waals surface area contributed by atoms with E-state index in [1.54, 1.807) is 37.8 Å². The number of carbonyl (C=O) groups is 2. The number of amides is 1. The maximum Gasteiger partial charge on any atom is 0.249 e. The van der Waals surface area contributed by atoms with Gasteiger partial charge in [0, 0.05) is 31.6 Å². The second-order valence-corrected chi connectivity index (χ2v) is 10.1. The van der Waals surface area contributed by atoms with Crippen LogP contribution < -0.4 is 5.32 Å². The van der Waals surface area contributed by atoms with E-state index in [1.165, 1.54) is 12.1 Å². The monoisotopic (exact) mass is 492 g/mol. The highest BCUT2D eigenvalue weighted by Gasteiger charge is 2.38. The van der Waals surface area contributed by atoms with Crippen molar-refractivity contribution in [2.24, 2.45) is 17.3 Å². The summed E-state index contributed by atoms with van der Waals surface area (Å²) in [4.78, 5) is 30.8. The number of nitrogens with zero attached hydrogens (tertiary/aromatic N) is 3. The van der Waals surface area contributed by atoms with Gasteiger partial charge in [-0.15, -0.1) is 5.10 Å². The van der Waals surface area contributed by atoms with E-state index < -0.39 is 5.41 Å². The quantitative estimate of drug-likeness (QED) is 0.425.